The molecule has 0 N–H and O–H groups in total. The Kier molecular flexibility index (Phi) is 5.34. The molecule has 0 aliphatic carbocycles. The molecule has 1 aromatic rings. The van der Waals surface area contributed by atoms with Gasteiger partial charge in [-0.1, -0.05) is 18.2 Å². The minimum atomic E-state index is 0. The Morgan fingerprint density at radius 1 is 1.11 bits per heavy atom. The van der Waals surface area contributed by atoms with E-state index in [0.717, 1.165) is 0 Å². The fourth-order valence-electron chi connectivity index (χ4n) is 0.557. The highest BCUT2D eigenvalue weighted by Gasteiger charge is 1.80. The van der Waals surface area contributed by atoms with Crippen molar-refractivity contribution in [3.8, 4) is 0 Å². The summed E-state index contributed by atoms with van der Waals surface area (Å²) in [7, 11) is 0. The first-order valence-electron chi connectivity index (χ1n) is 2.52. The molecule has 0 heterocycles. The zero-order valence-electron chi connectivity index (χ0n) is 4.79. The molecule has 0 amide bonds. The van der Waals surface area contributed by atoms with Crippen molar-refractivity contribution >= 4 is 34.8 Å². The Morgan fingerprint density at radius 2 is 1.67 bits per heavy atom. The van der Waals surface area contributed by atoms with Gasteiger partial charge in [-0.25, -0.2) is 0 Å². The van der Waals surface area contributed by atoms with Crippen LogP contribution < -0.4 is 0 Å². The molecule has 0 atom stereocenters. The van der Waals surface area contributed by atoms with Crippen LogP contribution in [-0.4, -0.2) is 29.3 Å². The Morgan fingerprint density at radius 3 is 2.00 bits per heavy atom. The largest absolute Gasteiger partial charge is 0.316 e. The molecule has 46 valence electrons. The van der Waals surface area contributed by atoms with Gasteiger partial charge < -0.3 is 0 Å². The molecule has 1 aromatic carbocycles. The smallest absolute Gasteiger partial charge is 0.130 e. The van der Waals surface area contributed by atoms with Crippen LogP contribution in [0, 0.1) is 0 Å². The second-order valence-corrected chi connectivity index (χ2v) is 2.40. The molecule has 1 rings (SSSR count). The van der Waals surface area contributed by atoms with Gasteiger partial charge >= 0.3 is 23.1 Å². The maximum absolute atomic E-state index is 2.10. The third-order valence-corrected chi connectivity index (χ3v) is 1.72. The first-order chi connectivity index (χ1) is 3.93. The van der Waals surface area contributed by atoms with E-state index in [1.807, 2.05) is 18.2 Å². The molecule has 0 fully saturated rings. The van der Waals surface area contributed by atoms with Crippen molar-refractivity contribution < 1.29 is 0 Å². The van der Waals surface area contributed by atoms with E-state index in [1.54, 1.807) is 11.8 Å². The van der Waals surface area contributed by atoms with E-state index in [-0.39, 0.29) is 23.1 Å². The van der Waals surface area contributed by atoms with E-state index in [4.69, 9.17) is 0 Å². The summed E-state index contributed by atoms with van der Waals surface area (Å²) in [6.07, 6.45) is 2.08. The first-order valence-corrected chi connectivity index (χ1v) is 3.75. The van der Waals surface area contributed by atoms with Crippen LogP contribution in [0.15, 0.2) is 35.2 Å². The van der Waals surface area contributed by atoms with Gasteiger partial charge in [0.2, 0.25) is 0 Å². The molecule has 0 aromatic heterocycles. The Hall–Kier alpha value is 0.336. The molecule has 0 saturated carbocycles. The number of hydrogen-bond acceptors (Lipinski definition) is 1. The van der Waals surface area contributed by atoms with Gasteiger partial charge in [-0.15, -0.1) is 11.8 Å². The fourth-order valence-corrected chi connectivity index (χ4v) is 0.986. The van der Waals surface area contributed by atoms with E-state index in [1.165, 1.54) is 4.90 Å². The second-order valence-electron chi connectivity index (χ2n) is 1.52. The van der Waals surface area contributed by atoms with Gasteiger partial charge in [0.25, 0.3) is 0 Å². The van der Waals surface area contributed by atoms with Crippen LogP contribution >= 0.6 is 11.8 Å². The second kappa shape index (κ2) is 5.15. The highest BCUT2D eigenvalue weighted by Crippen LogP contribution is 2.11. The minimum Gasteiger partial charge on any atom is -0.130 e. The van der Waals surface area contributed by atoms with E-state index in [0.29, 0.717) is 0 Å². The van der Waals surface area contributed by atoms with Crippen LogP contribution in [-0.2, 0) is 0 Å². The molecule has 2 heteroatoms. The van der Waals surface area contributed by atoms with E-state index in [2.05, 4.69) is 18.4 Å². The van der Waals surface area contributed by atoms with Crippen molar-refractivity contribution in [1.29, 1.82) is 0 Å². The third-order valence-electron chi connectivity index (χ3n) is 0.979. The zero-order chi connectivity index (χ0) is 5.82. The third kappa shape index (κ3) is 3.13. The van der Waals surface area contributed by atoms with Gasteiger partial charge in [-0.05, 0) is 18.4 Å². The SMILES string of the molecule is CSc1ccccc1.[MgH2]. The Balaban J connectivity index is 0.000000640. The lowest BCUT2D eigenvalue weighted by atomic mass is 10.4. The van der Waals surface area contributed by atoms with Crippen molar-refractivity contribution in [3.63, 3.8) is 0 Å². The molecule has 0 saturated heterocycles. The zero-order valence-corrected chi connectivity index (χ0v) is 5.61. The van der Waals surface area contributed by atoms with Crippen molar-refractivity contribution in [2.24, 2.45) is 0 Å². The van der Waals surface area contributed by atoms with Crippen molar-refractivity contribution in [1.82, 2.24) is 0 Å². The number of rotatable bonds is 1. The Bertz CT molecular complexity index is 150. The summed E-state index contributed by atoms with van der Waals surface area (Å²) in [6, 6.07) is 10.3. The van der Waals surface area contributed by atoms with Crippen molar-refractivity contribution in [2.75, 3.05) is 6.26 Å². The van der Waals surface area contributed by atoms with Gasteiger partial charge in [0.05, 0.1) is 0 Å². The van der Waals surface area contributed by atoms with E-state index >= 15 is 0 Å². The van der Waals surface area contributed by atoms with Crippen LogP contribution in [0.3, 0.4) is 0 Å². The van der Waals surface area contributed by atoms with Crippen molar-refractivity contribution in [2.45, 2.75) is 4.90 Å². The number of benzene rings is 1. The van der Waals surface area contributed by atoms with Gasteiger partial charge in [0.15, 0.2) is 0 Å². The number of thioether (sulfide) groups is 1. The predicted octanol–water partition coefficient (Wildman–Crippen LogP) is 1.49. The van der Waals surface area contributed by atoms with E-state index < -0.39 is 0 Å². The maximum Gasteiger partial charge on any atom is 0.316 e. The molecule has 0 nitrogen and oxygen atoms in total. The summed E-state index contributed by atoms with van der Waals surface area (Å²) in [5.41, 5.74) is 0. The van der Waals surface area contributed by atoms with Crippen LogP contribution in [0.5, 0.6) is 0 Å². The van der Waals surface area contributed by atoms with Crippen LogP contribution in [0.2, 0.25) is 0 Å². The molecular weight excluding hydrogens is 140 g/mol. The van der Waals surface area contributed by atoms with Gasteiger partial charge in [-0.2, -0.15) is 0 Å². The lowest BCUT2D eigenvalue weighted by molar-refractivity contribution is 1.47. The van der Waals surface area contributed by atoms with Crippen LogP contribution in [0.4, 0.5) is 0 Å². The predicted molar refractivity (Wildman–Crippen MR) is 46.8 cm³/mol. The quantitative estimate of drug-likeness (QED) is 0.432. The summed E-state index contributed by atoms with van der Waals surface area (Å²) in [4.78, 5) is 1.33. The molecule has 0 radical (unpaired) electrons. The first kappa shape index (κ1) is 9.34. The molecule has 0 unspecified atom stereocenters. The van der Waals surface area contributed by atoms with Gasteiger partial charge in [0, 0.05) is 4.90 Å². The highest BCUT2D eigenvalue weighted by atomic mass is 32.2. The number of hydrogen-bond donors (Lipinski definition) is 0. The summed E-state index contributed by atoms with van der Waals surface area (Å²) in [6.45, 7) is 0. The lowest BCUT2D eigenvalue weighted by Gasteiger charge is -1.89. The topological polar surface area (TPSA) is 0 Å². The molecule has 0 aliphatic heterocycles. The van der Waals surface area contributed by atoms with E-state index in [9.17, 15) is 0 Å². The van der Waals surface area contributed by atoms with Crippen molar-refractivity contribution in [3.05, 3.63) is 30.3 Å². The standard InChI is InChI=1S/C7H8S.Mg.2H/c1-8-7-5-3-2-4-6-7;;;/h2-6H,1H3;;;. The molecule has 0 spiro atoms. The maximum atomic E-state index is 2.10. The molecular formula is C7H10MgS. The normalized spacial score (nSPS) is 8.11. The lowest BCUT2D eigenvalue weighted by Crippen LogP contribution is -1.62. The van der Waals surface area contributed by atoms with Gasteiger partial charge in [0.1, 0.15) is 0 Å². The fraction of sp³-hybridized carbons (Fsp3) is 0.143. The summed E-state index contributed by atoms with van der Waals surface area (Å²) < 4.78 is 0. The van der Waals surface area contributed by atoms with Crippen LogP contribution in [0.1, 0.15) is 0 Å². The minimum absolute atomic E-state index is 0. The van der Waals surface area contributed by atoms with Crippen LogP contribution in [0.25, 0.3) is 0 Å². The monoisotopic (exact) mass is 150 g/mol. The van der Waals surface area contributed by atoms with Gasteiger partial charge in [-0.3, -0.25) is 0 Å². The molecule has 9 heavy (non-hydrogen) atoms. The average molecular weight is 151 g/mol. The highest BCUT2D eigenvalue weighted by molar-refractivity contribution is 7.98. The average Bonchev–Trinajstić information content (AvgIpc) is 1.90. The summed E-state index contributed by atoms with van der Waals surface area (Å²) >= 11 is 1.77. The summed E-state index contributed by atoms with van der Waals surface area (Å²) in [5.74, 6) is 0. The summed E-state index contributed by atoms with van der Waals surface area (Å²) in [5, 5.41) is 0. The molecule has 0 bridgehead atoms. The Labute approximate surface area is 76.2 Å². The molecule has 0 aliphatic rings.